The standard InChI is InChI=1S/C12H20N6S/c1-3-4-18-11(14-8-15-18)5-10(17-13)6-12-16-9(2)7-19-12/h7-8,10,17H,3-6,13H2,1-2H3. The maximum absolute atomic E-state index is 5.64. The first kappa shape index (κ1) is 14.1. The molecular formula is C12H20N6S. The summed E-state index contributed by atoms with van der Waals surface area (Å²) in [6.07, 6.45) is 4.22. The van der Waals surface area contributed by atoms with Gasteiger partial charge >= 0.3 is 0 Å². The van der Waals surface area contributed by atoms with Gasteiger partial charge in [-0.2, -0.15) is 5.10 Å². The van der Waals surface area contributed by atoms with Gasteiger partial charge in [0.15, 0.2) is 0 Å². The molecule has 0 aromatic carbocycles. The molecule has 0 saturated heterocycles. The van der Waals surface area contributed by atoms with Crippen LogP contribution in [0.15, 0.2) is 11.7 Å². The number of hydrogen-bond acceptors (Lipinski definition) is 6. The van der Waals surface area contributed by atoms with Crippen LogP contribution in [0.25, 0.3) is 0 Å². The lowest BCUT2D eigenvalue weighted by Crippen LogP contribution is -2.39. The molecule has 7 heteroatoms. The fourth-order valence-corrected chi connectivity index (χ4v) is 2.82. The summed E-state index contributed by atoms with van der Waals surface area (Å²) in [7, 11) is 0. The van der Waals surface area contributed by atoms with E-state index in [2.05, 4.69) is 32.8 Å². The Morgan fingerprint density at radius 1 is 1.47 bits per heavy atom. The molecule has 2 aromatic rings. The Morgan fingerprint density at radius 2 is 2.32 bits per heavy atom. The Balaban J connectivity index is 2.00. The Labute approximate surface area is 117 Å². The minimum absolute atomic E-state index is 0.130. The van der Waals surface area contributed by atoms with E-state index in [0.29, 0.717) is 0 Å². The van der Waals surface area contributed by atoms with Gasteiger partial charge in [-0.3, -0.25) is 16.0 Å². The van der Waals surface area contributed by atoms with E-state index in [1.54, 1.807) is 17.7 Å². The maximum Gasteiger partial charge on any atom is 0.138 e. The summed E-state index contributed by atoms with van der Waals surface area (Å²) in [5.41, 5.74) is 3.91. The number of nitrogens with zero attached hydrogens (tertiary/aromatic N) is 4. The summed E-state index contributed by atoms with van der Waals surface area (Å²) >= 11 is 1.67. The van der Waals surface area contributed by atoms with Gasteiger partial charge < -0.3 is 0 Å². The van der Waals surface area contributed by atoms with Crippen LogP contribution in [0, 0.1) is 6.92 Å². The Hall–Kier alpha value is -1.31. The third-order valence-electron chi connectivity index (χ3n) is 2.88. The van der Waals surface area contributed by atoms with Gasteiger partial charge in [-0.15, -0.1) is 11.3 Å². The fourth-order valence-electron chi connectivity index (χ4n) is 1.96. The van der Waals surface area contributed by atoms with E-state index in [0.717, 1.165) is 42.3 Å². The first-order chi connectivity index (χ1) is 9.22. The zero-order valence-electron chi connectivity index (χ0n) is 11.3. The van der Waals surface area contributed by atoms with Crippen LogP contribution >= 0.6 is 11.3 Å². The van der Waals surface area contributed by atoms with Crippen molar-refractivity contribution in [3.8, 4) is 0 Å². The molecule has 2 aromatic heterocycles. The highest BCUT2D eigenvalue weighted by Gasteiger charge is 2.14. The molecule has 0 fully saturated rings. The largest absolute Gasteiger partial charge is 0.271 e. The van der Waals surface area contributed by atoms with Gasteiger partial charge in [0.25, 0.3) is 0 Å². The average molecular weight is 280 g/mol. The molecule has 1 atom stereocenters. The number of thiazole rings is 1. The van der Waals surface area contributed by atoms with Crippen LogP contribution in [0.3, 0.4) is 0 Å². The number of nitrogens with two attached hydrogens (primary N) is 1. The molecule has 0 aliphatic rings. The van der Waals surface area contributed by atoms with E-state index in [-0.39, 0.29) is 6.04 Å². The molecule has 2 heterocycles. The van der Waals surface area contributed by atoms with Crippen LogP contribution in [-0.2, 0) is 19.4 Å². The zero-order chi connectivity index (χ0) is 13.7. The molecule has 1 unspecified atom stereocenters. The number of aryl methyl sites for hydroxylation is 2. The van der Waals surface area contributed by atoms with Crippen LogP contribution in [0.4, 0.5) is 0 Å². The van der Waals surface area contributed by atoms with E-state index in [1.807, 2.05) is 11.6 Å². The Bertz CT molecular complexity index is 506. The summed E-state index contributed by atoms with van der Waals surface area (Å²) in [4.78, 5) is 8.78. The zero-order valence-corrected chi connectivity index (χ0v) is 12.2. The quantitative estimate of drug-likeness (QED) is 0.585. The third kappa shape index (κ3) is 3.82. The lowest BCUT2D eigenvalue weighted by Gasteiger charge is -2.14. The predicted molar refractivity (Wildman–Crippen MR) is 75.7 cm³/mol. The summed E-state index contributed by atoms with van der Waals surface area (Å²) < 4.78 is 1.94. The van der Waals surface area contributed by atoms with Crippen LogP contribution in [0.2, 0.25) is 0 Å². The average Bonchev–Trinajstić information content (AvgIpc) is 2.99. The molecule has 0 amide bonds. The molecule has 0 aliphatic carbocycles. The van der Waals surface area contributed by atoms with Crippen molar-refractivity contribution in [2.24, 2.45) is 5.84 Å². The van der Waals surface area contributed by atoms with Crippen molar-refractivity contribution >= 4 is 11.3 Å². The van der Waals surface area contributed by atoms with Crippen molar-refractivity contribution in [1.29, 1.82) is 0 Å². The van der Waals surface area contributed by atoms with Gasteiger partial charge in [-0.1, -0.05) is 6.92 Å². The Morgan fingerprint density at radius 3 is 2.95 bits per heavy atom. The van der Waals surface area contributed by atoms with E-state index in [4.69, 9.17) is 5.84 Å². The van der Waals surface area contributed by atoms with Crippen molar-refractivity contribution in [2.45, 2.75) is 45.7 Å². The van der Waals surface area contributed by atoms with Crippen LogP contribution < -0.4 is 11.3 Å². The maximum atomic E-state index is 5.64. The lowest BCUT2D eigenvalue weighted by molar-refractivity contribution is 0.481. The first-order valence-electron chi connectivity index (χ1n) is 6.46. The number of rotatable bonds is 7. The van der Waals surface area contributed by atoms with Crippen LogP contribution in [0.1, 0.15) is 29.9 Å². The lowest BCUT2D eigenvalue weighted by atomic mass is 10.1. The fraction of sp³-hybridized carbons (Fsp3) is 0.583. The number of aromatic nitrogens is 4. The van der Waals surface area contributed by atoms with Crippen molar-refractivity contribution in [1.82, 2.24) is 25.2 Å². The molecule has 0 bridgehead atoms. The van der Waals surface area contributed by atoms with Crippen molar-refractivity contribution in [2.75, 3.05) is 0 Å². The molecule has 0 spiro atoms. The van der Waals surface area contributed by atoms with Gasteiger partial charge in [0.05, 0.1) is 5.01 Å². The number of hydrazine groups is 1. The van der Waals surface area contributed by atoms with Gasteiger partial charge in [0, 0.05) is 36.5 Å². The third-order valence-corrected chi connectivity index (χ3v) is 3.87. The number of hydrogen-bond donors (Lipinski definition) is 2. The molecule has 2 rings (SSSR count). The van der Waals surface area contributed by atoms with E-state index >= 15 is 0 Å². The SMILES string of the molecule is CCCn1ncnc1CC(Cc1nc(C)cs1)NN. The Kier molecular flexibility index (Phi) is 5.00. The van der Waals surface area contributed by atoms with Gasteiger partial charge in [-0.05, 0) is 13.3 Å². The minimum Gasteiger partial charge on any atom is -0.271 e. The van der Waals surface area contributed by atoms with E-state index in [1.165, 1.54) is 0 Å². The van der Waals surface area contributed by atoms with Gasteiger partial charge in [0.2, 0.25) is 0 Å². The van der Waals surface area contributed by atoms with Crippen LogP contribution in [0.5, 0.6) is 0 Å². The molecule has 0 saturated carbocycles. The molecule has 3 N–H and O–H groups in total. The molecule has 0 radical (unpaired) electrons. The molecule has 104 valence electrons. The smallest absolute Gasteiger partial charge is 0.138 e. The highest BCUT2D eigenvalue weighted by molar-refractivity contribution is 7.09. The topological polar surface area (TPSA) is 81.7 Å². The molecule has 6 nitrogen and oxygen atoms in total. The molecule has 0 aliphatic heterocycles. The highest BCUT2D eigenvalue weighted by Crippen LogP contribution is 2.12. The predicted octanol–water partition coefficient (Wildman–Crippen LogP) is 1.07. The summed E-state index contributed by atoms with van der Waals surface area (Å²) in [5.74, 6) is 6.61. The van der Waals surface area contributed by atoms with Crippen molar-refractivity contribution in [3.05, 3.63) is 28.2 Å². The second kappa shape index (κ2) is 6.74. The van der Waals surface area contributed by atoms with Crippen molar-refractivity contribution < 1.29 is 0 Å². The second-order valence-electron chi connectivity index (χ2n) is 4.55. The summed E-state index contributed by atoms with van der Waals surface area (Å²) in [5, 5.41) is 7.39. The molecular weight excluding hydrogens is 260 g/mol. The second-order valence-corrected chi connectivity index (χ2v) is 5.50. The monoisotopic (exact) mass is 280 g/mol. The summed E-state index contributed by atoms with van der Waals surface area (Å²) in [6.45, 7) is 5.02. The van der Waals surface area contributed by atoms with Gasteiger partial charge in [-0.25, -0.2) is 9.97 Å². The summed E-state index contributed by atoms with van der Waals surface area (Å²) in [6, 6.07) is 0.130. The van der Waals surface area contributed by atoms with Crippen molar-refractivity contribution in [3.63, 3.8) is 0 Å². The first-order valence-corrected chi connectivity index (χ1v) is 7.34. The van der Waals surface area contributed by atoms with E-state index < -0.39 is 0 Å². The van der Waals surface area contributed by atoms with Crippen LogP contribution in [-0.4, -0.2) is 25.8 Å². The highest BCUT2D eigenvalue weighted by atomic mass is 32.1. The van der Waals surface area contributed by atoms with Gasteiger partial charge in [0.1, 0.15) is 12.2 Å². The minimum atomic E-state index is 0.130. The van der Waals surface area contributed by atoms with E-state index in [9.17, 15) is 0 Å². The molecule has 19 heavy (non-hydrogen) atoms. The number of nitrogens with one attached hydrogen (secondary N) is 1. The normalized spacial score (nSPS) is 12.8.